The van der Waals surface area contributed by atoms with Crippen LogP contribution in [0.1, 0.15) is 11.1 Å². The zero-order chi connectivity index (χ0) is 26.9. The molecule has 11 nitrogen and oxygen atoms in total. The molecule has 2 aromatic carbocycles. The van der Waals surface area contributed by atoms with E-state index >= 15 is 0 Å². The third-order valence-electron chi connectivity index (χ3n) is 4.30. The first-order chi connectivity index (χ1) is 16.7. The number of hydrogen-bond donors (Lipinski definition) is 6. The third-order valence-corrected chi connectivity index (χ3v) is 8.79. The van der Waals surface area contributed by atoms with Crippen LogP contribution in [0.25, 0.3) is 0 Å². The quantitative estimate of drug-likeness (QED) is 0.103. The van der Waals surface area contributed by atoms with Crippen LogP contribution in [0.4, 0.5) is 0 Å². The van der Waals surface area contributed by atoms with Crippen molar-refractivity contribution >= 4 is 66.4 Å². The van der Waals surface area contributed by atoms with E-state index in [-0.39, 0.29) is 6.54 Å². The van der Waals surface area contributed by atoms with E-state index < -0.39 is 43.1 Å². The van der Waals surface area contributed by atoms with Crippen molar-refractivity contribution in [3.63, 3.8) is 0 Å². The molecular weight excluding hydrogens is 604 g/mol. The van der Waals surface area contributed by atoms with E-state index in [4.69, 9.17) is 20.9 Å². The Hall–Kier alpha value is -0.100. The summed E-state index contributed by atoms with van der Waals surface area (Å²) in [6, 6.07) is 14.5. The smallest absolute Gasteiger partial charge is 0.466 e. The summed E-state index contributed by atoms with van der Waals surface area (Å²) in [4.78, 5) is 56.9. The van der Waals surface area contributed by atoms with Crippen LogP contribution in [-0.4, -0.2) is 71.4 Å². The van der Waals surface area contributed by atoms with Crippen LogP contribution in [-0.2, 0) is 18.2 Å². The van der Waals surface area contributed by atoms with Crippen molar-refractivity contribution in [3.05, 3.63) is 59.7 Å². The maximum atomic E-state index is 9.29. The molecule has 6 N–H and O–H groups in total. The van der Waals surface area contributed by atoms with Gasteiger partial charge in [0.05, 0.1) is 13.3 Å². The number of hydrogen-bond acceptors (Lipinski definition) is 11. The molecule has 0 aliphatic carbocycles. The molecule has 0 radical (unpaired) electrons. The van der Waals surface area contributed by atoms with Crippen molar-refractivity contribution in [1.29, 1.82) is 0 Å². The molecule has 0 aliphatic rings. The van der Waals surface area contributed by atoms with Crippen LogP contribution < -0.4 is 9.05 Å². The van der Waals surface area contributed by atoms with E-state index in [9.17, 15) is 29.4 Å². The van der Waals surface area contributed by atoms with Gasteiger partial charge in [0.2, 0.25) is 11.8 Å². The zero-order valence-electron chi connectivity index (χ0n) is 19.2. The highest BCUT2D eigenvalue weighted by Gasteiger charge is 2.40. The SMILES string of the molecule is CN(/N=C/c1ccc(OP(P)P)cc1)[P+](=S)Oc1ccc(CCN(C[P+](O)(O)O)C[P+](O)(O)O)cc1. The second-order valence-electron chi connectivity index (χ2n) is 7.54. The first kappa shape index (κ1) is 32.1. The Balaban J connectivity index is 1.89. The van der Waals surface area contributed by atoms with Crippen LogP contribution in [0.15, 0.2) is 53.6 Å². The molecule has 0 heterocycles. The number of benzene rings is 2. The molecule has 0 fully saturated rings. The van der Waals surface area contributed by atoms with Crippen molar-refractivity contribution in [3.8, 4) is 11.5 Å². The van der Waals surface area contributed by atoms with Crippen LogP contribution in [0, 0.1) is 0 Å². The molecule has 0 saturated heterocycles. The molecule has 2 rings (SSSR count). The van der Waals surface area contributed by atoms with Crippen LogP contribution in [0.2, 0.25) is 0 Å². The molecule has 0 saturated carbocycles. The van der Waals surface area contributed by atoms with Gasteiger partial charge in [-0.1, -0.05) is 34.8 Å². The van der Waals surface area contributed by atoms with Gasteiger partial charge in [-0.05, 0) is 53.9 Å². The summed E-state index contributed by atoms with van der Waals surface area (Å²) in [5, 5.41) is 4.35. The van der Waals surface area contributed by atoms with Crippen LogP contribution >= 0.6 is 48.3 Å². The van der Waals surface area contributed by atoms with Gasteiger partial charge >= 0.3 is 23.0 Å². The molecule has 0 spiro atoms. The largest absolute Gasteiger partial charge is 0.540 e. The predicted octanol–water partition coefficient (Wildman–Crippen LogP) is 3.40. The molecule has 198 valence electrons. The normalized spacial score (nSPS) is 12.9. The van der Waals surface area contributed by atoms with Crippen molar-refractivity contribution in [2.75, 3.05) is 26.2 Å². The van der Waals surface area contributed by atoms with Crippen molar-refractivity contribution in [2.45, 2.75) is 6.42 Å². The van der Waals surface area contributed by atoms with Gasteiger partial charge in [0.25, 0.3) is 0 Å². The maximum absolute atomic E-state index is 9.29. The molecular formula is C18H30N3O8P6S+3. The fourth-order valence-corrected chi connectivity index (χ4v) is 6.56. The standard InChI is InChI=1S/C18H30N3O8P6S/c1-20(19-12-16-4-8-18(9-5-16)29-33(30)31)32(36)28-17-6-2-15(3-7-17)10-11-21(13-34(22,23)24)14-35(25,26)27/h2-9,12,22-27H,10-11,13-14,30-31H2,1H3/q+3/b19-12+. The second kappa shape index (κ2) is 14.9. The lowest BCUT2D eigenvalue weighted by Crippen LogP contribution is -2.30. The van der Waals surface area contributed by atoms with Gasteiger partial charge in [-0.15, -0.1) is 5.10 Å². The molecule has 36 heavy (non-hydrogen) atoms. The molecule has 0 amide bonds. The lowest BCUT2D eigenvalue weighted by molar-refractivity contribution is 0.248. The summed E-state index contributed by atoms with van der Waals surface area (Å²) in [6.07, 6.45) is 0.893. The Labute approximate surface area is 222 Å². The highest BCUT2D eigenvalue weighted by molar-refractivity contribution is 8.41. The summed E-state index contributed by atoms with van der Waals surface area (Å²) in [7, 11) is -3.56. The topological polar surface area (TPSA) is 159 Å². The lowest BCUT2D eigenvalue weighted by atomic mass is 10.1. The van der Waals surface area contributed by atoms with E-state index in [1.165, 1.54) is 4.90 Å². The Bertz CT molecular complexity index is 990. The molecule has 0 aliphatic heterocycles. The molecule has 2 aromatic rings. The highest BCUT2D eigenvalue weighted by Crippen LogP contribution is 2.53. The second-order valence-corrected chi connectivity index (χ2v) is 18.8. The van der Waals surface area contributed by atoms with E-state index in [0.717, 1.165) is 16.9 Å². The molecule has 3 atom stereocenters. The number of hydrazone groups is 1. The monoisotopic (exact) mass is 634 g/mol. The summed E-state index contributed by atoms with van der Waals surface area (Å²) < 4.78 is 13.0. The molecule has 0 aromatic heterocycles. The van der Waals surface area contributed by atoms with Gasteiger partial charge < -0.3 is 4.52 Å². The van der Waals surface area contributed by atoms with E-state index in [0.29, 0.717) is 12.2 Å². The van der Waals surface area contributed by atoms with E-state index in [2.05, 4.69) is 23.0 Å². The Morgan fingerprint density at radius 2 is 1.47 bits per heavy atom. The predicted molar refractivity (Wildman–Crippen MR) is 157 cm³/mol. The average Bonchev–Trinajstić information content (AvgIpc) is 2.75. The Morgan fingerprint density at radius 3 is 1.97 bits per heavy atom. The van der Waals surface area contributed by atoms with Gasteiger partial charge in [0, 0.05) is 6.54 Å². The number of rotatable bonds is 14. The summed E-state index contributed by atoms with van der Waals surface area (Å²) in [6.45, 7) is 0.141. The van der Waals surface area contributed by atoms with Gasteiger partial charge in [0.1, 0.15) is 13.3 Å². The summed E-state index contributed by atoms with van der Waals surface area (Å²) >= 11 is 5.43. The van der Waals surface area contributed by atoms with Gasteiger partial charge in [-0.3, -0.25) is 4.52 Å². The Morgan fingerprint density at radius 1 is 0.944 bits per heavy atom. The lowest BCUT2D eigenvalue weighted by Gasteiger charge is -2.20. The minimum absolute atomic E-state index is 0.141. The van der Waals surface area contributed by atoms with Crippen molar-refractivity contribution < 1.29 is 38.4 Å². The summed E-state index contributed by atoms with van der Waals surface area (Å²) in [5.74, 6) is 1.32. The molecule has 18 heteroatoms. The van der Waals surface area contributed by atoms with Crippen molar-refractivity contribution in [1.82, 2.24) is 9.68 Å². The fourth-order valence-electron chi connectivity index (χ4n) is 2.81. The minimum atomic E-state index is -4.19. The zero-order valence-corrected chi connectivity index (χ0v) is 25.9. The van der Waals surface area contributed by atoms with Gasteiger partial charge in [-0.25, -0.2) is 4.90 Å². The average molecular weight is 634 g/mol. The van der Waals surface area contributed by atoms with Gasteiger partial charge in [-0.2, -0.15) is 29.4 Å². The molecule has 3 unspecified atom stereocenters. The first-order valence-electron chi connectivity index (χ1n) is 10.1. The fraction of sp³-hybridized carbons (Fsp3) is 0.278. The van der Waals surface area contributed by atoms with Crippen molar-refractivity contribution in [2.24, 2.45) is 5.10 Å². The van der Waals surface area contributed by atoms with E-state index in [1.54, 1.807) is 42.3 Å². The van der Waals surface area contributed by atoms with Crippen LogP contribution in [0.5, 0.6) is 11.5 Å². The maximum Gasteiger partial charge on any atom is 0.540 e. The van der Waals surface area contributed by atoms with Gasteiger partial charge in [0.15, 0.2) is 18.3 Å². The van der Waals surface area contributed by atoms with Crippen LogP contribution in [0.3, 0.4) is 0 Å². The molecule has 0 bridgehead atoms. The summed E-state index contributed by atoms with van der Waals surface area (Å²) in [5.41, 5.74) is 1.72. The number of nitrogens with zero attached hydrogens (tertiary/aromatic N) is 3. The first-order valence-corrected chi connectivity index (χ1v) is 20.5. The highest BCUT2D eigenvalue weighted by atomic mass is 32.4. The third kappa shape index (κ3) is 13.6. The Kier molecular flexibility index (Phi) is 13.3. The minimum Gasteiger partial charge on any atom is -0.466 e. The van der Waals surface area contributed by atoms with E-state index in [1.807, 2.05) is 24.3 Å².